The lowest BCUT2D eigenvalue weighted by Gasteiger charge is -2.16. The maximum Gasteiger partial charge on any atom is 0.293 e. The normalized spacial score (nSPS) is 11.0. The minimum absolute atomic E-state index is 0.176. The number of benzene rings is 3. The molecule has 0 fully saturated rings. The molecule has 0 aliphatic rings. The summed E-state index contributed by atoms with van der Waals surface area (Å²) in [6.45, 7) is 2.30. The summed E-state index contributed by atoms with van der Waals surface area (Å²) in [7, 11) is 1.77. The summed E-state index contributed by atoms with van der Waals surface area (Å²) < 4.78 is 1.65. The largest absolute Gasteiger partial charge is 0.335 e. The van der Waals surface area contributed by atoms with Crippen molar-refractivity contribution in [1.82, 2.24) is 19.7 Å². The number of carbonyl (C=O) groups excluding carboxylic acids is 1. The molecular weight excluding hydrogens is 372 g/mol. The molecule has 0 aliphatic carbocycles. The molecule has 1 aromatic heterocycles. The topological polar surface area (TPSA) is 51.0 Å². The summed E-state index contributed by atoms with van der Waals surface area (Å²) in [5.41, 5.74) is 1.90. The number of halogens is 1. The van der Waals surface area contributed by atoms with Crippen LogP contribution in [0.3, 0.4) is 0 Å². The molecule has 6 heteroatoms. The average molecular weight is 391 g/mol. The van der Waals surface area contributed by atoms with E-state index in [9.17, 15) is 4.79 Å². The van der Waals surface area contributed by atoms with Gasteiger partial charge < -0.3 is 4.90 Å². The summed E-state index contributed by atoms with van der Waals surface area (Å²) in [6.07, 6.45) is 0. The van der Waals surface area contributed by atoms with Crippen molar-refractivity contribution >= 4 is 28.3 Å². The molecule has 0 N–H and O–H groups in total. The van der Waals surface area contributed by atoms with Gasteiger partial charge in [-0.2, -0.15) is 0 Å². The molecule has 3 aromatic carbocycles. The molecule has 1 amide bonds. The van der Waals surface area contributed by atoms with Crippen LogP contribution in [0.25, 0.3) is 16.5 Å². The first-order valence-electron chi connectivity index (χ1n) is 8.94. The minimum atomic E-state index is -0.219. The van der Waals surface area contributed by atoms with Crippen LogP contribution in [0.15, 0.2) is 66.7 Å². The highest BCUT2D eigenvalue weighted by atomic mass is 35.5. The number of hydrogen-bond acceptors (Lipinski definition) is 3. The summed E-state index contributed by atoms with van der Waals surface area (Å²) in [6, 6.07) is 21.5. The van der Waals surface area contributed by atoms with Gasteiger partial charge in [0, 0.05) is 18.6 Å². The molecule has 1 heterocycles. The first kappa shape index (κ1) is 18.2. The first-order chi connectivity index (χ1) is 13.5. The smallest absolute Gasteiger partial charge is 0.293 e. The molecule has 0 radical (unpaired) electrons. The number of carbonyl (C=O) groups is 1. The van der Waals surface area contributed by atoms with Crippen molar-refractivity contribution in [2.45, 2.75) is 13.5 Å². The van der Waals surface area contributed by atoms with Gasteiger partial charge in [-0.05, 0) is 47.5 Å². The second-order valence-corrected chi connectivity index (χ2v) is 7.11. The van der Waals surface area contributed by atoms with Crippen molar-refractivity contribution in [1.29, 1.82) is 0 Å². The summed E-state index contributed by atoms with van der Waals surface area (Å²) >= 11 is 5.95. The predicted octanol–water partition coefficient (Wildman–Crippen LogP) is 4.65. The zero-order chi connectivity index (χ0) is 19.7. The number of fused-ring (bicyclic) bond motifs is 1. The number of aryl methyl sites for hydroxylation is 1. The van der Waals surface area contributed by atoms with Gasteiger partial charge in [0.1, 0.15) is 5.82 Å². The van der Waals surface area contributed by atoms with Crippen LogP contribution in [0.4, 0.5) is 0 Å². The molecule has 5 nitrogen and oxygen atoms in total. The predicted molar refractivity (Wildman–Crippen MR) is 111 cm³/mol. The molecule has 0 spiro atoms. The number of amides is 1. The van der Waals surface area contributed by atoms with Crippen LogP contribution < -0.4 is 0 Å². The molecule has 4 aromatic rings. The van der Waals surface area contributed by atoms with Gasteiger partial charge in [0.2, 0.25) is 5.82 Å². The van der Waals surface area contributed by atoms with Gasteiger partial charge in [0.05, 0.1) is 5.69 Å². The van der Waals surface area contributed by atoms with Gasteiger partial charge in [-0.25, -0.2) is 9.67 Å². The highest BCUT2D eigenvalue weighted by molar-refractivity contribution is 6.30. The van der Waals surface area contributed by atoms with E-state index in [1.54, 1.807) is 28.8 Å². The van der Waals surface area contributed by atoms with Crippen molar-refractivity contribution in [3.63, 3.8) is 0 Å². The molecule has 0 saturated carbocycles. The van der Waals surface area contributed by atoms with Gasteiger partial charge in [0.15, 0.2) is 0 Å². The van der Waals surface area contributed by atoms with E-state index in [2.05, 4.69) is 28.3 Å². The minimum Gasteiger partial charge on any atom is -0.335 e. The van der Waals surface area contributed by atoms with E-state index in [1.165, 1.54) is 0 Å². The lowest BCUT2D eigenvalue weighted by Crippen LogP contribution is -2.27. The van der Waals surface area contributed by atoms with Crippen LogP contribution in [0.2, 0.25) is 5.02 Å². The van der Waals surface area contributed by atoms with E-state index in [1.807, 2.05) is 43.3 Å². The molecule has 0 bridgehead atoms. The standard InChI is InChI=1S/C22H19ClN4O/c1-15-24-21(25-27(15)19-12-10-18(23)11-13-19)22(28)26(2)14-17-8-5-7-16-6-3-4-9-20(16)17/h3-13H,14H2,1-2H3. The molecule has 0 aliphatic heterocycles. The summed E-state index contributed by atoms with van der Waals surface area (Å²) in [5, 5.41) is 7.35. The van der Waals surface area contributed by atoms with Crippen molar-refractivity contribution in [2.75, 3.05) is 7.05 Å². The van der Waals surface area contributed by atoms with Gasteiger partial charge >= 0.3 is 0 Å². The maximum absolute atomic E-state index is 12.9. The van der Waals surface area contributed by atoms with Gasteiger partial charge in [-0.15, -0.1) is 5.10 Å². The van der Waals surface area contributed by atoms with Crippen molar-refractivity contribution in [2.24, 2.45) is 0 Å². The summed E-state index contributed by atoms with van der Waals surface area (Å²) in [4.78, 5) is 18.9. The Kier molecular flexibility index (Phi) is 4.84. The third-order valence-corrected chi connectivity index (χ3v) is 4.92. The molecule has 0 atom stereocenters. The maximum atomic E-state index is 12.9. The Bertz CT molecular complexity index is 1150. The van der Waals surface area contributed by atoms with E-state index in [0.29, 0.717) is 17.4 Å². The van der Waals surface area contributed by atoms with E-state index in [-0.39, 0.29) is 11.7 Å². The van der Waals surface area contributed by atoms with Crippen LogP contribution in [0.5, 0.6) is 0 Å². The van der Waals surface area contributed by atoms with E-state index in [4.69, 9.17) is 11.6 Å². The molecule has 4 rings (SSSR count). The van der Waals surface area contributed by atoms with E-state index < -0.39 is 0 Å². The molecule has 0 unspecified atom stereocenters. The number of rotatable bonds is 4. The monoisotopic (exact) mass is 390 g/mol. The van der Waals surface area contributed by atoms with Crippen molar-refractivity contribution in [3.05, 3.63) is 89.0 Å². The Labute approximate surface area is 168 Å². The summed E-state index contributed by atoms with van der Waals surface area (Å²) in [5.74, 6) is 0.600. The molecule has 28 heavy (non-hydrogen) atoms. The zero-order valence-electron chi connectivity index (χ0n) is 15.6. The van der Waals surface area contributed by atoms with Crippen LogP contribution in [0, 0.1) is 6.92 Å². The Hall–Kier alpha value is -3.18. The second kappa shape index (κ2) is 7.44. The zero-order valence-corrected chi connectivity index (χ0v) is 16.4. The average Bonchev–Trinajstić information content (AvgIpc) is 3.10. The second-order valence-electron chi connectivity index (χ2n) is 6.67. The van der Waals surface area contributed by atoms with Gasteiger partial charge in [-0.1, -0.05) is 54.1 Å². The lowest BCUT2D eigenvalue weighted by molar-refractivity contribution is 0.0773. The van der Waals surface area contributed by atoms with Gasteiger partial charge in [-0.3, -0.25) is 4.79 Å². The quantitative estimate of drug-likeness (QED) is 0.509. The van der Waals surface area contributed by atoms with E-state index in [0.717, 1.165) is 22.0 Å². The number of hydrogen-bond donors (Lipinski definition) is 0. The van der Waals surface area contributed by atoms with Gasteiger partial charge in [0.25, 0.3) is 5.91 Å². The van der Waals surface area contributed by atoms with Crippen LogP contribution in [-0.2, 0) is 6.54 Å². The molecule has 140 valence electrons. The fourth-order valence-corrected chi connectivity index (χ4v) is 3.36. The fourth-order valence-electron chi connectivity index (χ4n) is 3.24. The lowest BCUT2D eigenvalue weighted by atomic mass is 10.0. The SMILES string of the molecule is Cc1nc(C(=O)N(C)Cc2cccc3ccccc23)nn1-c1ccc(Cl)cc1. The van der Waals surface area contributed by atoms with Crippen LogP contribution >= 0.6 is 11.6 Å². The number of aromatic nitrogens is 3. The fraction of sp³-hybridized carbons (Fsp3) is 0.136. The Morgan fingerprint density at radius 3 is 2.54 bits per heavy atom. The number of nitrogens with zero attached hydrogens (tertiary/aromatic N) is 4. The van der Waals surface area contributed by atoms with Crippen LogP contribution in [-0.4, -0.2) is 32.6 Å². The van der Waals surface area contributed by atoms with Crippen molar-refractivity contribution in [3.8, 4) is 5.69 Å². The van der Waals surface area contributed by atoms with Crippen LogP contribution in [0.1, 0.15) is 22.0 Å². The van der Waals surface area contributed by atoms with E-state index >= 15 is 0 Å². The third-order valence-electron chi connectivity index (χ3n) is 4.67. The first-order valence-corrected chi connectivity index (χ1v) is 9.32. The molecule has 0 saturated heterocycles. The Morgan fingerprint density at radius 1 is 1.04 bits per heavy atom. The Balaban J connectivity index is 1.59. The highest BCUT2D eigenvalue weighted by Crippen LogP contribution is 2.20. The third kappa shape index (κ3) is 3.49. The highest BCUT2D eigenvalue weighted by Gasteiger charge is 2.20. The molecular formula is C22H19ClN4O. The Morgan fingerprint density at radius 2 is 1.75 bits per heavy atom. The van der Waals surface area contributed by atoms with Crippen molar-refractivity contribution < 1.29 is 4.79 Å².